The number of sulfonamides is 1. The van der Waals surface area contributed by atoms with Crippen LogP contribution in [0.4, 0.5) is 0 Å². The Balaban J connectivity index is 1.58. The summed E-state index contributed by atoms with van der Waals surface area (Å²) in [6.45, 7) is 8.23. The molecule has 1 saturated heterocycles. The summed E-state index contributed by atoms with van der Waals surface area (Å²) in [5.41, 5.74) is 4.24. The summed E-state index contributed by atoms with van der Waals surface area (Å²) in [6, 6.07) is 7.54. The molecular formula is C22H25N3O3S2. The first-order valence-electron chi connectivity index (χ1n) is 9.98. The number of rotatable bonds is 2. The van der Waals surface area contributed by atoms with Crippen molar-refractivity contribution in [1.29, 1.82) is 0 Å². The Morgan fingerprint density at radius 2 is 1.83 bits per heavy atom. The lowest BCUT2D eigenvalue weighted by Gasteiger charge is -2.23. The quantitative estimate of drug-likeness (QED) is 0.710. The summed E-state index contributed by atoms with van der Waals surface area (Å²) in [7, 11) is -3.75. The number of benzene rings is 1. The van der Waals surface area contributed by atoms with Crippen LogP contribution in [0.5, 0.6) is 0 Å². The number of carbonyl (C=O) groups excluding carboxylic acids is 1. The fraction of sp³-hybridized carbons (Fsp3) is 0.364. The van der Waals surface area contributed by atoms with Gasteiger partial charge in [-0.05, 0) is 55.3 Å². The van der Waals surface area contributed by atoms with Gasteiger partial charge in [0.05, 0.1) is 5.56 Å². The van der Waals surface area contributed by atoms with Crippen LogP contribution in [-0.4, -0.2) is 56.1 Å². The Kier molecular flexibility index (Phi) is 5.55. The van der Waals surface area contributed by atoms with Crippen LogP contribution in [0.25, 0.3) is 4.91 Å². The van der Waals surface area contributed by atoms with Crippen molar-refractivity contribution < 1.29 is 13.2 Å². The predicted octanol–water partition coefficient (Wildman–Crippen LogP) is 3.69. The highest BCUT2D eigenvalue weighted by Crippen LogP contribution is 2.34. The van der Waals surface area contributed by atoms with E-state index in [9.17, 15) is 13.2 Å². The number of hydrogen-bond acceptors (Lipinski definition) is 5. The van der Waals surface area contributed by atoms with E-state index in [2.05, 4.69) is 4.40 Å². The van der Waals surface area contributed by atoms with E-state index in [4.69, 9.17) is 0 Å². The van der Waals surface area contributed by atoms with Crippen molar-refractivity contribution in [3.63, 3.8) is 0 Å². The molecule has 2 aromatic rings. The van der Waals surface area contributed by atoms with Crippen molar-refractivity contribution in [2.45, 2.75) is 27.2 Å². The summed E-state index contributed by atoms with van der Waals surface area (Å²) in [5.74, 6) is 0.537. The first kappa shape index (κ1) is 20.8. The van der Waals surface area contributed by atoms with E-state index in [1.165, 1.54) is 11.3 Å². The fourth-order valence-electron chi connectivity index (χ4n) is 3.97. The molecule has 6 nitrogen and oxygen atoms in total. The first-order valence-corrected chi connectivity index (χ1v) is 12.4. The molecular weight excluding hydrogens is 418 g/mol. The second-order valence-electron chi connectivity index (χ2n) is 7.79. The molecule has 0 aliphatic carbocycles. The smallest absolute Gasteiger partial charge is 0.285 e. The highest BCUT2D eigenvalue weighted by Gasteiger charge is 2.34. The predicted molar refractivity (Wildman–Crippen MR) is 121 cm³/mol. The third-order valence-corrected chi connectivity index (χ3v) is 7.91. The Morgan fingerprint density at radius 1 is 1.03 bits per heavy atom. The molecule has 0 unspecified atom stereocenters. The SMILES string of the molecule is CC1=C(c2ccc(C)c(C)c2)S(=O)(=O)N=C1N1CCCN(C(=O)c2ccsc2)CC1. The fourth-order valence-corrected chi connectivity index (χ4v) is 6.07. The van der Waals surface area contributed by atoms with Gasteiger partial charge in [0.2, 0.25) is 0 Å². The highest BCUT2D eigenvalue weighted by atomic mass is 32.2. The largest absolute Gasteiger partial charge is 0.354 e. The lowest BCUT2D eigenvalue weighted by molar-refractivity contribution is 0.0764. The van der Waals surface area contributed by atoms with Crippen molar-refractivity contribution in [2.75, 3.05) is 26.2 Å². The molecule has 3 heterocycles. The second kappa shape index (κ2) is 8.00. The van der Waals surface area contributed by atoms with E-state index in [-0.39, 0.29) is 10.8 Å². The molecule has 1 aromatic carbocycles. The third kappa shape index (κ3) is 3.81. The average Bonchev–Trinajstić information content (AvgIpc) is 3.23. The van der Waals surface area contributed by atoms with Gasteiger partial charge in [-0.15, -0.1) is 4.40 Å². The minimum atomic E-state index is -3.75. The van der Waals surface area contributed by atoms with Crippen LogP contribution >= 0.6 is 11.3 Å². The van der Waals surface area contributed by atoms with E-state index < -0.39 is 10.0 Å². The Labute approximate surface area is 181 Å². The van der Waals surface area contributed by atoms with Gasteiger partial charge in [0.1, 0.15) is 10.7 Å². The van der Waals surface area contributed by atoms with Crippen molar-refractivity contribution >= 4 is 38.0 Å². The molecule has 2 aliphatic rings. The number of aryl methyl sites for hydroxylation is 2. The summed E-state index contributed by atoms with van der Waals surface area (Å²) in [4.78, 5) is 16.8. The maximum absolute atomic E-state index is 12.9. The number of carbonyl (C=O) groups is 1. The Morgan fingerprint density at radius 3 is 2.53 bits per heavy atom. The van der Waals surface area contributed by atoms with E-state index in [1.54, 1.807) is 0 Å². The number of hydrogen-bond donors (Lipinski definition) is 0. The standard InChI is InChI=1S/C22H25N3O3S2/c1-15-5-6-18(13-16(15)2)20-17(3)21(23-30(20,27)28)24-8-4-9-25(11-10-24)22(26)19-7-12-29-14-19/h5-7,12-14H,4,8-11H2,1-3H3. The number of amidine groups is 1. The molecule has 30 heavy (non-hydrogen) atoms. The molecule has 158 valence electrons. The lowest BCUT2D eigenvalue weighted by Crippen LogP contribution is -2.37. The van der Waals surface area contributed by atoms with Crippen LogP contribution in [0.15, 0.2) is 45.0 Å². The zero-order chi connectivity index (χ0) is 21.5. The minimum Gasteiger partial charge on any atom is -0.354 e. The summed E-state index contributed by atoms with van der Waals surface area (Å²) < 4.78 is 29.9. The summed E-state index contributed by atoms with van der Waals surface area (Å²) >= 11 is 1.51. The van der Waals surface area contributed by atoms with Crippen molar-refractivity contribution in [3.8, 4) is 0 Å². The molecule has 1 fully saturated rings. The van der Waals surface area contributed by atoms with Crippen LogP contribution in [0.1, 0.15) is 40.4 Å². The number of nitrogens with zero attached hydrogens (tertiary/aromatic N) is 3. The van der Waals surface area contributed by atoms with Gasteiger partial charge in [-0.1, -0.05) is 18.2 Å². The topological polar surface area (TPSA) is 70.1 Å². The van der Waals surface area contributed by atoms with E-state index >= 15 is 0 Å². The minimum absolute atomic E-state index is 0.0298. The van der Waals surface area contributed by atoms with E-state index in [0.717, 1.165) is 17.5 Å². The molecule has 0 radical (unpaired) electrons. The summed E-state index contributed by atoms with van der Waals surface area (Å²) in [5, 5.41) is 3.76. The van der Waals surface area contributed by atoms with E-state index in [0.29, 0.717) is 48.7 Å². The van der Waals surface area contributed by atoms with Crippen molar-refractivity contribution in [3.05, 3.63) is 62.9 Å². The Bertz CT molecular complexity index is 1150. The zero-order valence-electron chi connectivity index (χ0n) is 17.4. The number of thiophene rings is 1. The van der Waals surface area contributed by atoms with Crippen LogP contribution < -0.4 is 0 Å². The number of amides is 1. The molecule has 0 atom stereocenters. The molecule has 2 aliphatic heterocycles. The van der Waals surface area contributed by atoms with Crippen LogP contribution in [-0.2, 0) is 10.0 Å². The second-order valence-corrected chi connectivity index (χ2v) is 10.1. The van der Waals surface area contributed by atoms with Gasteiger partial charge >= 0.3 is 0 Å². The van der Waals surface area contributed by atoms with Crippen molar-refractivity contribution in [2.24, 2.45) is 4.40 Å². The molecule has 1 amide bonds. The van der Waals surface area contributed by atoms with Gasteiger partial charge in [-0.2, -0.15) is 19.8 Å². The van der Waals surface area contributed by atoms with Crippen LogP contribution in [0.2, 0.25) is 0 Å². The summed E-state index contributed by atoms with van der Waals surface area (Å²) in [6.07, 6.45) is 0.765. The zero-order valence-corrected chi connectivity index (χ0v) is 19.0. The molecule has 0 N–H and O–H groups in total. The highest BCUT2D eigenvalue weighted by molar-refractivity contribution is 8.00. The van der Waals surface area contributed by atoms with E-state index in [1.807, 2.05) is 65.6 Å². The Hall–Kier alpha value is -2.45. The molecule has 0 saturated carbocycles. The average molecular weight is 444 g/mol. The normalized spacial score (nSPS) is 19.1. The van der Waals surface area contributed by atoms with Gasteiger partial charge in [0, 0.05) is 37.1 Å². The maximum Gasteiger partial charge on any atom is 0.285 e. The monoisotopic (exact) mass is 443 g/mol. The van der Waals surface area contributed by atoms with Crippen LogP contribution in [0.3, 0.4) is 0 Å². The van der Waals surface area contributed by atoms with Gasteiger partial charge in [0.25, 0.3) is 15.9 Å². The van der Waals surface area contributed by atoms with Gasteiger partial charge in [-0.3, -0.25) is 4.79 Å². The lowest BCUT2D eigenvalue weighted by atomic mass is 10.0. The molecule has 0 bridgehead atoms. The first-order chi connectivity index (χ1) is 14.3. The third-order valence-electron chi connectivity index (χ3n) is 5.76. The van der Waals surface area contributed by atoms with Gasteiger partial charge < -0.3 is 9.80 Å². The van der Waals surface area contributed by atoms with Gasteiger partial charge in [-0.25, -0.2) is 0 Å². The van der Waals surface area contributed by atoms with Crippen LogP contribution in [0, 0.1) is 13.8 Å². The molecule has 1 aromatic heterocycles. The molecule has 8 heteroatoms. The maximum atomic E-state index is 12.9. The van der Waals surface area contributed by atoms with Gasteiger partial charge in [0.15, 0.2) is 0 Å². The molecule has 0 spiro atoms. The molecule has 4 rings (SSSR count). The van der Waals surface area contributed by atoms with Crippen molar-refractivity contribution in [1.82, 2.24) is 9.80 Å².